The van der Waals surface area contributed by atoms with E-state index in [1.807, 2.05) is 48.7 Å². The van der Waals surface area contributed by atoms with E-state index in [9.17, 15) is 10.1 Å². The first-order chi connectivity index (χ1) is 14.3. The van der Waals surface area contributed by atoms with Crippen LogP contribution in [0.3, 0.4) is 0 Å². The van der Waals surface area contributed by atoms with Gasteiger partial charge in [-0.05, 0) is 49.6 Å². The number of para-hydroxylation sites is 1. The minimum atomic E-state index is -0.208. The predicted octanol–water partition coefficient (Wildman–Crippen LogP) is 3.85. The van der Waals surface area contributed by atoms with E-state index >= 15 is 0 Å². The largest absolute Gasteiger partial charge is 0.338 e. The van der Waals surface area contributed by atoms with Crippen LogP contribution in [0, 0.1) is 11.3 Å². The second kappa shape index (κ2) is 8.53. The van der Waals surface area contributed by atoms with Crippen LogP contribution in [0.2, 0.25) is 0 Å². The minimum absolute atomic E-state index is 0.134. The Kier molecular flexibility index (Phi) is 5.48. The van der Waals surface area contributed by atoms with Crippen molar-refractivity contribution >= 4 is 12.0 Å². The summed E-state index contributed by atoms with van der Waals surface area (Å²) < 4.78 is 1.77. The van der Waals surface area contributed by atoms with Crippen molar-refractivity contribution in [3.63, 3.8) is 0 Å². The topological polar surface area (TPSA) is 74.8 Å². The van der Waals surface area contributed by atoms with Gasteiger partial charge in [0.25, 0.3) is 5.91 Å². The highest BCUT2D eigenvalue weighted by Crippen LogP contribution is 2.26. The van der Waals surface area contributed by atoms with Crippen molar-refractivity contribution in [2.45, 2.75) is 19.3 Å². The van der Waals surface area contributed by atoms with Gasteiger partial charge in [0.05, 0.1) is 5.69 Å². The molecule has 0 spiro atoms. The third kappa shape index (κ3) is 4.09. The van der Waals surface area contributed by atoms with Crippen LogP contribution in [0.1, 0.15) is 24.8 Å². The zero-order valence-electron chi connectivity index (χ0n) is 16.0. The Hall–Kier alpha value is -3.72. The van der Waals surface area contributed by atoms with Gasteiger partial charge in [-0.25, -0.2) is 4.68 Å². The number of carbonyl (C=O) groups is 1. The van der Waals surface area contributed by atoms with Crippen molar-refractivity contribution in [3.05, 3.63) is 72.2 Å². The van der Waals surface area contributed by atoms with E-state index in [1.165, 1.54) is 0 Å². The zero-order valence-corrected chi connectivity index (χ0v) is 16.0. The molecule has 1 fully saturated rings. The zero-order chi connectivity index (χ0) is 20.1. The first-order valence-corrected chi connectivity index (χ1v) is 9.73. The summed E-state index contributed by atoms with van der Waals surface area (Å²) in [5.74, 6) is -0.208. The third-order valence-electron chi connectivity index (χ3n) is 5.01. The smallest absolute Gasteiger partial charge is 0.264 e. The molecule has 4 rings (SSSR count). The van der Waals surface area contributed by atoms with Crippen molar-refractivity contribution in [1.82, 2.24) is 19.7 Å². The molecule has 1 amide bonds. The molecule has 1 saturated heterocycles. The molecule has 0 saturated carbocycles. The molecule has 6 nitrogen and oxygen atoms in total. The van der Waals surface area contributed by atoms with Gasteiger partial charge < -0.3 is 4.90 Å². The van der Waals surface area contributed by atoms with Crippen molar-refractivity contribution in [1.29, 1.82) is 5.26 Å². The summed E-state index contributed by atoms with van der Waals surface area (Å²) in [7, 11) is 0. The van der Waals surface area contributed by atoms with Crippen molar-refractivity contribution < 1.29 is 4.79 Å². The molecule has 2 aromatic heterocycles. The molecule has 0 atom stereocenters. The van der Waals surface area contributed by atoms with Crippen LogP contribution >= 0.6 is 0 Å². The summed E-state index contributed by atoms with van der Waals surface area (Å²) in [5, 5.41) is 14.4. The van der Waals surface area contributed by atoms with Crippen molar-refractivity contribution in [3.8, 4) is 23.0 Å². The Morgan fingerprint density at radius 3 is 2.45 bits per heavy atom. The number of pyridine rings is 1. The second-order valence-electron chi connectivity index (χ2n) is 6.97. The summed E-state index contributed by atoms with van der Waals surface area (Å²) in [6.45, 7) is 1.41. The monoisotopic (exact) mass is 383 g/mol. The number of nitrogens with zero attached hydrogens (tertiary/aromatic N) is 5. The summed E-state index contributed by atoms with van der Waals surface area (Å²) in [6.07, 6.45) is 10.0. The number of benzene rings is 1. The third-order valence-corrected chi connectivity index (χ3v) is 5.01. The molecule has 6 heteroatoms. The van der Waals surface area contributed by atoms with Gasteiger partial charge in [0, 0.05) is 42.8 Å². The quantitative estimate of drug-likeness (QED) is 0.506. The normalized spacial score (nSPS) is 14.4. The maximum atomic E-state index is 12.9. The highest BCUT2D eigenvalue weighted by molar-refractivity contribution is 6.02. The standard InChI is InChI=1S/C23H21N5O/c24-16-19(23(29)27-13-5-2-6-14-27)15-20-17-28(21-7-3-1-4-8-21)26-22(20)18-9-11-25-12-10-18/h1,3-4,7-12,15,17H,2,5-6,13-14H2/b19-15+. The van der Waals surface area contributed by atoms with Gasteiger partial charge in [0.2, 0.25) is 0 Å². The van der Waals surface area contributed by atoms with Gasteiger partial charge in [-0.1, -0.05) is 18.2 Å². The van der Waals surface area contributed by atoms with Crippen LogP contribution < -0.4 is 0 Å². The molecular formula is C23H21N5O. The lowest BCUT2D eigenvalue weighted by Gasteiger charge is -2.26. The van der Waals surface area contributed by atoms with Crippen LogP contribution in [0.25, 0.3) is 23.0 Å². The van der Waals surface area contributed by atoms with Crippen LogP contribution in [-0.4, -0.2) is 38.7 Å². The summed E-state index contributed by atoms with van der Waals surface area (Å²) in [6, 6.07) is 15.6. The van der Waals surface area contributed by atoms with Gasteiger partial charge in [0.15, 0.2) is 0 Å². The molecule has 29 heavy (non-hydrogen) atoms. The van der Waals surface area contributed by atoms with E-state index in [1.54, 1.807) is 28.1 Å². The number of nitriles is 1. The molecule has 1 aliphatic rings. The summed E-state index contributed by atoms with van der Waals surface area (Å²) in [4.78, 5) is 18.7. The number of piperidine rings is 1. The lowest BCUT2D eigenvalue weighted by atomic mass is 10.1. The van der Waals surface area contributed by atoms with Crippen LogP contribution in [0.15, 0.2) is 66.6 Å². The molecule has 0 radical (unpaired) electrons. The molecule has 144 valence electrons. The Labute approximate surface area is 169 Å². The first-order valence-electron chi connectivity index (χ1n) is 9.73. The maximum absolute atomic E-state index is 12.9. The molecule has 1 aliphatic heterocycles. The highest BCUT2D eigenvalue weighted by Gasteiger charge is 2.21. The minimum Gasteiger partial charge on any atom is -0.338 e. The van der Waals surface area contributed by atoms with Gasteiger partial charge >= 0.3 is 0 Å². The lowest BCUT2D eigenvalue weighted by Crippen LogP contribution is -2.36. The van der Waals surface area contributed by atoms with Crippen LogP contribution in [0.4, 0.5) is 0 Å². The first kappa shape index (κ1) is 18.6. The molecule has 0 unspecified atom stereocenters. The number of carbonyl (C=O) groups excluding carboxylic acids is 1. The Morgan fingerprint density at radius 2 is 1.76 bits per heavy atom. The Balaban J connectivity index is 1.76. The van der Waals surface area contributed by atoms with E-state index in [4.69, 9.17) is 5.10 Å². The van der Waals surface area contributed by atoms with E-state index in [0.717, 1.165) is 36.1 Å². The molecular weight excluding hydrogens is 362 g/mol. The van der Waals surface area contributed by atoms with E-state index in [2.05, 4.69) is 11.1 Å². The Bertz CT molecular complexity index is 1060. The van der Waals surface area contributed by atoms with Gasteiger partial charge in [0.1, 0.15) is 17.3 Å². The maximum Gasteiger partial charge on any atom is 0.264 e. The van der Waals surface area contributed by atoms with Crippen molar-refractivity contribution in [2.24, 2.45) is 0 Å². The fourth-order valence-electron chi connectivity index (χ4n) is 3.50. The molecule has 0 bridgehead atoms. The van der Waals surface area contributed by atoms with Crippen molar-refractivity contribution in [2.75, 3.05) is 13.1 Å². The second-order valence-corrected chi connectivity index (χ2v) is 6.97. The van der Waals surface area contributed by atoms with Gasteiger partial charge in [-0.3, -0.25) is 9.78 Å². The summed E-state index contributed by atoms with van der Waals surface area (Å²) >= 11 is 0. The average molecular weight is 383 g/mol. The van der Waals surface area contributed by atoms with E-state index in [-0.39, 0.29) is 11.5 Å². The SMILES string of the molecule is N#C/C(=C\c1cn(-c2ccccc2)nc1-c1ccncc1)C(=O)N1CCCCC1. The highest BCUT2D eigenvalue weighted by atomic mass is 16.2. The number of aromatic nitrogens is 3. The van der Waals surface area contributed by atoms with Gasteiger partial charge in [-0.15, -0.1) is 0 Å². The number of likely N-dealkylation sites (tertiary alicyclic amines) is 1. The van der Waals surface area contributed by atoms with E-state index in [0.29, 0.717) is 18.8 Å². The lowest BCUT2D eigenvalue weighted by molar-refractivity contribution is -0.127. The molecule has 1 aromatic carbocycles. The number of rotatable bonds is 4. The molecule has 0 aliphatic carbocycles. The van der Waals surface area contributed by atoms with Gasteiger partial charge in [-0.2, -0.15) is 10.4 Å². The number of hydrogen-bond donors (Lipinski definition) is 0. The number of hydrogen-bond acceptors (Lipinski definition) is 4. The van der Waals surface area contributed by atoms with E-state index < -0.39 is 0 Å². The molecule has 0 N–H and O–H groups in total. The average Bonchev–Trinajstić information content (AvgIpc) is 3.23. The fourth-order valence-corrected chi connectivity index (χ4v) is 3.50. The number of amides is 1. The molecule has 3 heterocycles. The fraction of sp³-hybridized carbons (Fsp3) is 0.217. The summed E-state index contributed by atoms with van der Waals surface area (Å²) in [5.41, 5.74) is 3.35. The molecule has 3 aromatic rings. The Morgan fingerprint density at radius 1 is 1.03 bits per heavy atom. The van der Waals surface area contributed by atoms with Crippen LogP contribution in [-0.2, 0) is 4.79 Å². The predicted molar refractivity (Wildman–Crippen MR) is 111 cm³/mol. The van der Waals surface area contributed by atoms with Crippen LogP contribution in [0.5, 0.6) is 0 Å².